The van der Waals surface area contributed by atoms with Crippen LogP contribution in [0.15, 0.2) is 45.8 Å². The number of benzene rings is 2. The number of sulfone groups is 1. The normalized spacial score (nSPS) is 11.4. The number of halogens is 3. The first-order valence-corrected chi connectivity index (χ1v) is 9.39. The van der Waals surface area contributed by atoms with Gasteiger partial charge in [-0.2, -0.15) is 0 Å². The van der Waals surface area contributed by atoms with E-state index in [0.29, 0.717) is 22.2 Å². The molecule has 0 saturated carbocycles. The third-order valence-electron chi connectivity index (χ3n) is 2.86. The molecular weight excluding hydrogens is 397 g/mol. The molecule has 0 atom stereocenters. The highest BCUT2D eigenvalue weighted by molar-refractivity contribution is 9.10. The van der Waals surface area contributed by atoms with Crippen molar-refractivity contribution >= 4 is 54.7 Å². The van der Waals surface area contributed by atoms with E-state index < -0.39 is 9.84 Å². The van der Waals surface area contributed by atoms with E-state index in [1.165, 1.54) is 6.26 Å². The van der Waals surface area contributed by atoms with Crippen LogP contribution in [0.2, 0.25) is 10.0 Å². The van der Waals surface area contributed by atoms with Crippen LogP contribution >= 0.6 is 39.1 Å². The molecule has 112 valence electrons. The number of nitrogens with one attached hydrogen (secondary N) is 1. The van der Waals surface area contributed by atoms with Crippen molar-refractivity contribution in [2.75, 3.05) is 11.6 Å². The first kappa shape index (κ1) is 16.6. The second-order valence-corrected chi connectivity index (χ2v) is 8.15. The lowest BCUT2D eigenvalue weighted by Gasteiger charge is -2.13. The fraction of sp³-hybridized carbons (Fsp3) is 0.143. The molecule has 0 aromatic heterocycles. The summed E-state index contributed by atoms with van der Waals surface area (Å²) in [6.45, 7) is 0.294. The molecule has 0 aliphatic rings. The summed E-state index contributed by atoms with van der Waals surface area (Å²) in [4.78, 5) is 0.229. The topological polar surface area (TPSA) is 46.2 Å². The first-order chi connectivity index (χ1) is 9.79. The Morgan fingerprint density at radius 1 is 1.19 bits per heavy atom. The Morgan fingerprint density at radius 2 is 1.90 bits per heavy atom. The van der Waals surface area contributed by atoms with E-state index in [9.17, 15) is 8.42 Å². The molecule has 2 aromatic rings. The van der Waals surface area contributed by atoms with Crippen molar-refractivity contribution in [3.8, 4) is 0 Å². The van der Waals surface area contributed by atoms with Gasteiger partial charge in [-0.3, -0.25) is 0 Å². The van der Waals surface area contributed by atoms with E-state index in [-0.39, 0.29) is 4.90 Å². The van der Waals surface area contributed by atoms with Crippen LogP contribution in [0.1, 0.15) is 5.56 Å². The van der Waals surface area contributed by atoms with E-state index in [4.69, 9.17) is 23.2 Å². The van der Waals surface area contributed by atoms with Gasteiger partial charge in [0, 0.05) is 38.6 Å². The molecule has 0 aliphatic heterocycles. The minimum Gasteiger partial charge on any atom is -0.380 e. The van der Waals surface area contributed by atoms with Gasteiger partial charge in [0.25, 0.3) is 0 Å². The largest absolute Gasteiger partial charge is 0.380 e. The van der Waals surface area contributed by atoms with Gasteiger partial charge in [0.1, 0.15) is 0 Å². The van der Waals surface area contributed by atoms with Crippen molar-refractivity contribution in [2.45, 2.75) is 11.4 Å². The highest BCUT2D eigenvalue weighted by Gasteiger charge is 2.15. The van der Waals surface area contributed by atoms with Crippen LogP contribution in [0.3, 0.4) is 0 Å². The van der Waals surface area contributed by atoms with Crippen molar-refractivity contribution in [3.63, 3.8) is 0 Å². The highest BCUT2D eigenvalue weighted by Crippen LogP contribution is 2.29. The van der Waals surface area contributed by atoms with E-state index >= 15 is 0 Å². The lowest BCUT2D eigenvalue weighted by Crippen LogP contribution is -2.08. The Balaban J connectivity index is 2.32. The molecular formula is C14H12BrCl2NO2S. The quantitative estimate of drug-likeness (QED) is 0.792. The van der Waals surface area contributed by atoms with E-state index in [1.807, 2.05) is 6.07 Å². The summed E-state index contributed by atoms with van der Waals surface area (Å²) in [6.07, 6.45) is 1.17. The van der Waals surface area contributed by atoms with E-state index in [0.717, 1.165) is 10.2 Å². The maximum Gasteiger partial charge on any atom is 0.175 e. The fourth-order valence-electron chi connectivity index (χ4n) is 1.87. The monoisotopic (exact) mass is 407 g/mol. The summed E-state index contributed by atoms with van der Waals surface area (Å²) in [7, 11) is -3.33. The van der Waals surface area contributed by atoms with Crippen molar-refractivity contribution < 1.29 is 8.42 Å². The van der Waals surface area contributed by atoms with Gasteiger partial charge in [-0.1, -0.05) is 29.3 Å². The lowest BCUT2D eigenvalue weighted by molar-refractivity contribution is 0.601. The van der Waals surface area contributed by atoms with Crippen LogP contribution in [0.4, 0.5) is 5.69 Å². The standard InChI is InChI=1S/C14H12BrCl2NO2S/c1-21(19,20)14-4-2-3-12(17)10(14)8-18-13-6-5-9(16)7-11(13)15/h2-7,18H,8H2,1H3. The van der Waals surface area contributed by atoms with Gasteiger partial charge in [0.2, 0.25) is 0 Å². The third-order valence-corrected chi connectivity index (χ3v) is 5.29. The predicted molar refractivity (Wildman–Crippen MR) is 91.0 cm³/mol. The summed E-state index contributed by atoms with van der Waals surface area (Å²) in [5, 5.41) is 4.18. The molecule has 3 nitrogen and oxygen atoms in total. The summed E-state index contributed by atoms with van der Waals surface area (Å²) >= 11 is 15.4. The molecule has 21 heavy (non-hydrogen) atoms. The zero-order valence-corrected chi connectivity index (χ0v) is 14.9. The second kappa shape index (κ2) is 6.57. The number of hydrogen-bond acceptors (Lipinski definition) is 3. The van der Waals surface area contributed by atoms with Gasteiger partial charge in [-0.15, -0.1) is 0 Å². The molecule has 0 bridgehead atoms. The van der Waals surface area contributed by atoms with E-state index in [2.05, 4.69) is 21.2 Å². The third kappa shape index (κ3) is 4.13. The minimum absolute atomic E-state index is 0.229. The van der Waals surface area contributed by atoms with Crippen LogP contribution in [-0.2, 0) is 16.4 Å². The summed E-state index contributed by atoms with van der Waals surface area (Å²) < 4.78 is 24.4. The Bertz CT molecular complexity index is 779. The van der Waals surface area contributed by atoms with Crippen molar-refractivity contribution in [1.82, 2.24) is 0 Å². The molecule has 1 N–H and O–H groups in total. The van der Waals surface area contributed by atoms with Crippen LogP contribution in [-0.4, -0.2) is 14.7 Å². The molecule has 2 rings (SSSR count). The SMILES string of the molecule is CS(=O)(=O)c1cccc(Cl)c1CNc1ccc(Cl)cc1Br. The Hall–Kier alpha value is -0.750. The molecule has 0 unspecified atom stereocenters. The van der Waals surface area contributed by atoms with E-state index in [1.54, 1.807) is 30.3 Å². The lowest BCUT2D eigenvalue weighted by atomic mass is 10.2. The van der Waals surface area contributed by atoms with Crippen LogP contribution in [0, 0.1) is 0 Å². The Morgan fingerprint density at radius 3 is 2.52 bits per heavy atom. The molecule has 0 aliphatic carbocycles. The van der Waals surface area contributed by atoms with Crippen LogP contribution in [0.25, 0.3) is 0 Å². The molecule has 0 fully saturated rings. The molecule has 0 saturated heterocycles. The molecule has 0 amide bonds. The van der Waals surface area contributed by atoms with Crippen molar-refractivity contribution in [1.29, 1.82) is 0 Å². The van der Waals surface area contributed by atoms with Crippen molar-refractivity contribution in [3.05, 3.63) is 56.5 Å². The summed E-state index contributed by atoms with van der Waals surface area (Å²) in [6, 6.07) is 10.2. The predicted octanol–water partition coefficient (Wildman–Crippen LogP) is 4.77. The maximum absolute atomic E-state index is 11.8. The first-order valence-electron chi connectivity index (χ1n) is 5.95. The zero-order chi connectivity index (χ0) is 15.6. The molecule has 0 radical (unpaired) electrons. The van der Waals surface area contributed by atoms with Crippen LogP contribution < -0.4 is 5.32 Å². The zero-order valence-electron chi connectivity index (χ0n) is 11.0. The smallest absolute Gasteiger partial charge is 0.175 e. The number of rotatable bonds is 4. The average Bonchev–Trinajstić information content (AvgIpc) is 2.37. The fourth-order valence-corrected chi connectivity index (χ4v) is 3.95. The molecule has 0 spiro atoms. The summed E-state index contributed by atoms with van der Waals surface area (Å²) in [5.41, 5.74) is 1.35. The minimum atomic E-state index is -3.33. The van der Waals surface area contributed by atoms with Gasteiger partial charge < -0.3 is 5.32 Å². The van der Waals surface area contributed by atoms with Gasteiger partial charge in [0.05, 0.1) is 4.90 Å². The van der Waals surface area contributed by atoms with Crippen LogP contribution in [0.5, 0.6) is 0 Å². The Labute approximate surface area is 142 Å². The number of anilines is 1. The maximum atomic E-state index is 11.8. The molecule has 2 aromatic carbocycles. The molecule has 7 heteroatoms. The molecule has 0 heterocycles. The van der Waals surface area contributed by atoms with Gasteiger partial charge in [-0.05, 0) is 46.3 Å². The summed E-state index contributed by atoms with van der Waals surface area (Å²) in [5.74, 6) is 0. The number of hydrogen-bond donors (Lipinski definition) is 1. The average molecular weight is 409 g/mol. The van der Waals surface area contributed by atoms with Gasteiger partial charge in [0.15, 0.2) is 9.84 Å². The van der Waals surface area contributed by atoms with Gasteiger partial charge in [-0.25, -0.2) is 8.42 Å². The second-order valence-electron chi connectivity index (χ2n) is 4.47. The van der Waals surface area contributed by atoms with Gasteiger partial charge >= 0.3 is 0 Å². The Kier molecular flexibility index (Phi) is 5.20. The highest BCUT2D eigenvalue weighted by atomic mass is 79.9. The van der Waals surface area contributed by atoms with Crippen molar-refractivity contribution in [2.24, 2.45) is 0 Å².